The zero-order chi connectivity index (χ0) is 17.7. The molecule has 0 bridgehead atoms. The number of halogens is 1. The molecule has 132 valence electrons. The molecule has 0 aromatic carbocycles. The van der Waals surface area contributed by atoms with Crippen molar-refractivity contribution in [3.63, 3.8) is 0 Å². The van der Waals surface area contributed by atoms with Crippen LogP contribution in [0.4, 0.5) is 4.79 Å². The van der Waals surface area contributed by atoms with Gasteiger partial charge in [-0.05, 0) is 56.6 Å². The summed E-state index contributed by atoms with van der Waals surface area (Å²) in [7, 11) is 0. The lowest BCUT2D eigenvalue weighted by Crippen LogP contribution is -2.38. The van der Waals surface area contributed by atoms with Gasteiger partial charge >= 0.3 is 6.09 Å². The highest BCUT2D eigenvalue weighted by Crippen LogP contribution is 2.10. The number of nitrogens with zero attached hydrogens (tertiary/aromatic N) is 3. The van der Waals surface area contributed by atoms with Crippen LogP contribution < -0.4 is 10.6 Å². The van der Waals surface area contributed by atoms with E-state index in [9.17, 15) is 4.79 Å². The van der Waals surface area contributed by atoms with Gasteiger partial charge in [-0.2, -0.15) is 0 Å². The Morgan fingerprint density at radius 1 is 1.38 bits per heavy atom. The van der Waals surface area contributed by atoms with Crippen molar-refractivity contribution < 1.29 is 9.53 Å². The summed E-state index contributed by atoms with van der Waals surface area (Å²) in [5.74, 6) is 0. The monoisotopic (exact) mass is 397 g/mol. The van der Waals surface area contributed by atoms with E-state index in [-0.39, 0.29) is 12.1 Å². The first kappa shape index (κ1) is 18.7. The third kappa shape index (κ3) is 5.76. The smallest absolute Gasteiger partial charge is 0.407 e. The van der Waals surface area contributed by atoms with Crippen LogP contribution in [0, 0.1) is 0 Å². The number of nitrogens with one attached hydrogen (secondary N) is 2. The summed E-state index contributed by atoms with van der Waals surface area (Å²) in [5, 5.41) is 6.20. The largest absolute Gasteiger partial charge is 0.444 e. The summed E-state index contributed by atoms with van der Waals surface area (Å²) in [5.41, 5.74) is 1.39. The standard InChI is InChI=1S/C16H24BrN5O2/c1-11(21-15(23)24-16(2,3)4)5-6-18-7-12-8-20-14-9-19-13(17)10-22(12)14/h8-11,18H,5-7H2,1-4H3,(H,21,23). The minimum atomic E-state index is -0.478. The molecule has 0 saturated heterocycles. The summed E-state index contributed by atoms with van der Waals surface area (Å²) in [6.07, 6.45) is 5.88. The number of carbonyl (C=O) groups excluding carboxylic acids is 1. The molecule has 2 heterocycles. The predicted molar refractivity (Wildman–Crippen MR) is 95.8 cm³/mol. The molecule has 2 N–H and O–H groups in total. The zero-order valence-electron chi connectivity index (χ0n) is 14.5. The minimum Gasteiger partial charge on any atom is -0.444 e. The Bertz CT molecular complexity index is 695. The van der Waals surface area contributed by atoms with E-state index in [4.69, 9.17) is 4.74 Å². The van der Waals surface area contributed by atoms with E-state index in [1.807, 2.05) is 44.5 Å². The predicted octanol–water partition coefficient (Wildman–Crippen LogP) is 2.88. The highest BCUT2D eigenvalue weighted by Gasteiger charge is 2.17. The highest BCUT2D eigenvalue weighted by molar-refractivity contribution is 9.10. The second kappa shape index (κ2) is 7.94. The van der Waals surface area contributed by atoms with Gasteiger partial charge in [0.1, 0.15) is 10.2 Å². The van der Waals surface area contributed by atoms with Crippen LogP contribution in [0.3, 0.4) is 0 Å². The maximum Gasteiger partial charge on any atom is 0.407 e. The Balaban J connectivity index is 1.74. The van der Waals surface area contributed by atoms with Gasteiger partial charge in [-0.15, -0.1) is 0 Å². The molecule has 0 fully saturated rings. The van der Waals surface area contributed by atoms with Gasteiger partial charge in [0.25, 0.3) is 0 Å². The molecule has 2 rings (SSSR count). The number of ether oxygens (including phenoxy) is 1. The van der Waals surface area contributed by atoms with Gasteiger partial charge in [0.05, 0.1) is 18.1 Å². The highest BCUT2D eigenvalue weighted by atomic mass is 79.9. The van der Waals surface area contributed by atoms with Crippen molar-refractivity contribution in [2.75, 3.05) is 6.54 Å². The molecule has 24 heavy (non-hydrogen) atoms. The summed E-state index contributed by atoms with van der Waals surface area (Å²) in [6, 6.07) is 0.0351. The van der Waals surface area contributed by atoms with E-state index in [0.717, 1.165) is 28.9 Å². The number of fused-ring (bicyclic) bond motifs is 1. The molecule has 0 aliphatic heterocycles. The molecule has 1 atom stereocenters. The van der Waals surface area contributed by atoms with Crippen LogP contribution in [0.5, 0.6) is 0 Å². The molecule has 1 unspecified atom stereocenters. The second-order valence-electron chi connectivity index (χ2n) is 6.70. The van der Waals surface area contributed by atoms with Crippen LogP contribution >= 0.6 is 15.9 Å². The number of carbonyl (C=O) groups is 1. The van der Waals surface area contributed by atoms with Gasteiger partial charge in [-0.3, -0.25) is 4.40 Å². The third-order valence-corrected chi connectivity index (χ3v) is 3.67. The summed E-state index contributed by atoms with van der Waals surface area (Å²) < 4.78 is 8.00. The fourth-order valence-corrected chi connectivity index (χ4v) is 2.47. The van der Waals surface area contributed by atoms with E-state index in [1.165, 1.54) is 0 Å². The maximum atomic E-state index is 11.7. The van der Waals surface area contributed by atoms with Gasteiger partial charge in [0.15, 0.2) is 5.65 Å². The van der Waals surface area contributed by atoms with E-state index >= 15 is 0 Å². The molecule has 2 aromatic heterocycles. The topological polar surface area (TPSA) is 80.5 Å². The fraction of sp³-hybridized carbons (Fsp3) is 0.562. The number of aromatic nitrogens is 3. The maximum absolute atomic E-state index is 11.7. The number of amides is 1. The molecule has 2 aromatic rings. The van der Waals surface area contributed by atoms with Crippen LogP contribution in [0.15, 0.2) is 23.2 Å². The van der Waals surface area contributed by atoms with Crippen molar-refractivity contribution in [2.24, 2.45) is 0 Å². The number of rotatable bonds is 6. The van der Waals surface area contributed by atoms with E-state index in [2.05, 4.69) is 36.5 Å². The molecule has 8 heteroatoms. The normalized spacial score (nSPS) is 13.0. The summed E-state index contributed by atoms with van der Waals surface area (Å²) in [6.45, 7) is 8.98. The fourth-order valence-electron chi connectivity index (χ4n) is 2.16. The number of hydrogen-bond donors (Lipinski definition) is 2. The molecular weight excluding hydrogens is 374 g/mol. The van der Waals surface area contributed by atoms with Crippen molar-refractivity contribution in [2.45, 2.75) is 52.3 Å². The molecule has 7 nitrogen and oxygen atoms in total. The molecule has 0 radical (unpaired) electrons. The number of hydrogen-bond acceptors (Lipinski definition) is 5. The molecule has 0 spiro atoms. The Labute approximate surface area is 150 Å². The first-order chi connectivity index (χ1) is 11.2. The van der Waals surface area contributed by atoms with Crippen LogP contribution in [-0.4, -0.2) is 38.6 Å². The van der Waals surface area contributed by atoms with Crippen molar-refractivity contribution >= 4 is 27.7 Å². The van der Waals surface area contributed by atoms with Gasteiger partial charge in [0.2, 0.25) is 0 Å². The van der Waals surface area contributed by atoms with Crippen molar-refractivity contribution in [1.29, 1.82) is 0 Å². The Kier molecular flexibility index (Phi) is 6.17. The average molecular weight is 398 g/mol. The number of alkyl carbamates (subject to hydrolysis) is 1. The lowest BCUT2D eigenvalue weighted by Gasteiger charge is -2.22. The first-order valence-corrected chi connectivity index (χ1v) is 8.71. The van der Waals surface area contributed by atoms with Crippen LogP contribution in [-0.2, 0) is 11.3 Å². The third-order valence-electron chi connectivity index (χ3n) is 3.26. The molecule has 0 aliphatic rings. The van der Waals surface area contributed by atoms with E-state index in [1.54, 1.807) is 6.20 Å². The molecule has 0 aliphatic carbocycles. The van der Waals surface area contributed by atoms with Crippen molar-refractivity contribution in [3.8, 4) is 0 Å². The molecular formula is C16H24BrN5O2. The van der Waals surface area contributed by atoms with Crippen LogP contribution in [0.25, 0.3) is 5.65 Å². The Morgan fingerprint density at radius 3 is 2.83 bits per heavy atom. The quantitative estimate of drug-likeness (QED) is 0.732. The zero-order valence-corrected chi connectivity index (χ0v) is 16.1. The lowest BCUT2D eigenvalue weighted by atomic mass is 10.2. The molecule has 0 saturated carbocycles. The lowest BCUT2D eigenvalue weighted by molar-refractivity contribution is 0.0506. The second-order valence-corrected chi connectivity index (χ2v) is 7.51. The Morgan fingerprint density at radius 2 is 2.12 bits per heavy atom. The van der Waals surface area contributed by atoms with Crippen LogP contribution in [0.2, 0.25) is 0 Å². The molecule has 1 amide bonds. The SMILES string of the molecule is CC(CCNCc1cnc2cnc(Br)cn12)NC(=O)OC(C)(C)C. The first-order valence-electron chi connectivity index (χ1n) is 7.92. The summed E-state index contributed by atoms with van der Waals surface area (Å²) in [4.78, 5) is 20.2. The van der Waals surface area contributed by atoms with E-state index < -0.39 is 5.60 Å². The summed E-state index contributed by atoms with van der Waals surface area (Å²) >= 11 is 3.36. The Hall–Kier alpha value is -1.67. The van der Waals surface area contributed by atoms with Gasteiger partial charge in [0, 0.05) is 18.8 Å². The van der Waals surface area contributed by atoms with E-state index in [0.29, 0.717) is 6.54 Å². The van der Waals surface area contributed by atoms with Crippen molar-refractivity contribution in [3.05, 3.63) is 28.9 Å². The van der Waals surface area contributed by atoms with Gasteiger partial charge in [-0.1, -0.05) is 0 Å². The van der Waals surface area contributed by atoms with Gasteiger partial charge < -0.3 is 15.4 Å². The average Bonchev–Trinajstić information content (AvgIpc) is 2.83. The van der Waals surface area contributed by atoms with Crippen molar-refractivity contribution in [1.82, 2.24) is 25.0 Å². The minimum absolute atomic E-state index is 0.0351. The van der Waals surface area contributed by atoms with Crippen LogP contribution in [0.1, 0.15) is 39.8 Å². The number of imidazole rings is 1. The van der Waals surface area contributed by atoms with Gasteiger partial charge in [-0.25, -0.2) is 14.8 Å².